The van der Waals surface area contributed by atoms with Gasteiger partial charge < -0.3 is 16.2 Å². The predicted octanol–water partition coefficient (Wildman–Crippen LogP) is 0.443. The summed E-state index contributed by atoms with van der Waals surface area (Å²) in [6, 6.07) is 0.300. The molecule has 0 radical (unpaired) electrons. The van der Waals surface area contributed by atoms with E-state index in [1.54, 1.807) is 0 Å². The molecular weight excluding hydrogens is 262 g/mol. The van der Waals surface area contributed by atoms with Crippen LogP contribution in [-0.2, 0) is 0 Å². The number of nitrogens with zero attached hydrogens (tertiary/aromatic N) is 2. The standard InChI is InChI=1S/C12H17N5OS/c1-5-6(2)16-17-12-8(5)9(13)10(19-12)11(18)15-7-3-14-4-7/h7,11,14-15,18H,3-4,13H2,1-2H3. The minimum absolute atomic E-state index is 0.300. The topological polar surface area (TPSA) is 96.1 Å². The van der Waals surface area contributed by atoms with Crippen LogP contribution in [0.25, 0.3) is 10.2 Å². The van der Waals surface area contributed by atoms with Crippen LogP contribution in [0.15, 0.2) is 0 Å². The van der Waals surface area contributed by atoms with Gasteiger partial charge in [-0.3, -0.25) is 5.32 Å². The summed E-state index contributed by atoms with van der Waals surface area (Å²) in [5.74, 6) is 0. The van der Waals surface area contributed by atoms with Crippen molar-refractivity contribution in [2.75, 3.05) is 18.8 Å². The minimum atomic E-state index is -0.744. The smallest absolute Gasteiger partial charge is 0.148 e. The van der Waals surface area contributed by atoms with Crippen LogP contribution in [-0.4, -0.2) is 34.4 Å². The first-order chi connectivity index (χ1) is 9.08. The van der Waals surface area contributed by atoms with Crippen molar-refractivity contribution in [2.45, 2.75) is 26.1 Å². The Hall–Kier alpha value is -1.28. The summed E-state index contributed by atoms with van der Waals surface area (Å²) in [7, 11) is 0. The molecule has 2 aromatic rings. The number of thiophene rings is 1. The van der Waals surface area contributed by atoms with E-state index in [0.717, 1.165) is 39.4 Å². The summed E-state index contributed by atoms with van der Waals surface area (Å²) in [6.07, 6.45) is -0.744. The lowest BCUT2D eigenvalue weighted by atomic mass is 10.1. The van der Waals surface area contributed by atoms with E-state index < -0.39 is 6.23 Å². The van der Waals surface area contributed by atoms with Gasteiger partial charge in [0.25, 0.3) is 0 Å². The van der Waals surface area contributed by atoms with Gasteiger partial charge in [0.2, 0.25) is 0 Å². The van der Waals surface area contributed by atoms with Crippen LogP contribution in [0.1, 0.15) is 22.4 Å². The molecule has 1 unspecified atom stereocenters. The van der Waals surface area contributed by atoms with Crippen LogP contribution in [0.5, 0.6) is 0 Å². The number of nitrogen functional groups attached to an aromatic ring is 1. The van der Waals surface area contributed by atoms with E-state index in [1.165, 1.54) is 11.3 Å². The average molecular weight is 279 g/mol. The summed E-state index contributed by atoms with van der Waals surface area (Å²) in [5.41, 5.74) is 8.69. The zero-order valence-corrected chi connectivity index (χ0v) is 11.7. The second kappa shape index (κ2) is 4.68. The van der Waals surface area contributed by atoms with Crippen molar-refractivity contribution in [3.63, 3.8) is 0 Å². The maximum Gasteiger partial charge on any atom is 0.148 e. The molecule has 1 saturated heterocycles. The van der Waals surface area contributed by atoms with Crippen LogP contribution in [0, 0.1) is 13.8 Å². The monoisotopic (exact) mass is 279 g/mol. The van der Waals surface area contributed by atoms with E-state index in [1.807, 2.05) is 13.8 Å². The van der Waals surface area contributed by atoms with Crippen molar-refractivity contribution >= 4 is 27.2 Å². The molecule has 1 atom stereocenters. The number of hydrogen-bond donors (Lipinski definition) is 4. The zero-order valence-electron chi connectivity index (χ0n) is 10.9. The van der Waals surface area contributed by atoms with Gasteiger partial charge in [0, 0.05) is 24.5 Å². The highest BCUT2D eigenvalue weighted by Crippen LogP contribution is 2.37. The quantitative estimate of drug-likeness (QED) is 0.609. The van der Waals surface area contributed by atoms with Crippen molar-refractivity contribution < 1.29 is 5.11 Å². The number of aliphatic hydroxyl groups excluding tert-OH is 1. The molecule has 0 bridgehead atoms. The van der Waals surface area contributed by atoms with E-state index in [9.17, 15) is 5.11 Å². The first kappa shape index (κ1) is 12.7. The van der Waals surface area contributed by atoms with Gasteiger partial charge in [0.15, 0.2) is 0 Å². The van der Waals surface area contributed by atoms with Gasteiger partial charge in [-0.1, -0.05) is 0 Å². The Labute approximate surface area is 115 Å². The van der Waals surface area contributed by atoms with Crippen molar-refractivity contribution in [1.82, 2.24) is 20.8 Å². The maximum absolute atomic E-state index is 10.2. The first-order valence-corrected chi connectivity index (χ1v) is 7.06. The lowest BCUT2D eigenvalue weighted by Gasteiger charge is -2.30. The Morgan fingerprint density at radius 2 is 2.16 bits per heavy atom. The van der Waals surface area contributed by atoms with Crippen molar-refractivity contribution in [3.05, 3.63) is 16.1 Å². The predicted molar refractivity (Wildman–Crippen MR) is 76.1 cm³/mol. The molecule has 3 heterocycles. The van der Waals surface area contributed by atoms with Gasteiger partial charge in [-0.15, -0.1) is 16.4 Å². The maximum atomic E-state index is 10.2. The molecule has 0 aliphatic carbocycles. The molecule has 0 amide bonds. The highest BCUT2D eigenvalue weighted by atomic mass is 32.1. The molecule has 0 saturated carbocycles. The number of aromatic nitrogens is 2. The number of aliphatic hydroxyl groups is 1. The molecule has 6 nitrogen and oxygen atoms in total. The summed E-state index contributed by atoms with van der Waals surface area (Å²) >= 11 is 1.40. The first-order valence-electron chi connectivity index (χ1n) is 6.24. The van der Waals surface area contributed by atoms with E-state index in [-0.39, 0.29) is 0 Å². The number of aryl methyl sites for hydroxylation is 2. The fourth-order valence-electron chi connectivity index (χ4n) is 2.17. The third-order valence-corrected chi connectivity index (χ3v) is 4.73. The number of fused-ring (bicyclic) bond motifs is 1. The Kier molecular flexibility index (Phi) is 3.14. The van der Waals surface area contributed by atoms with Crippen LogP contribution < -0.4 is 16.4 Å². The number of nitrogens with two attached hydrogens (primary N) is 1. The van der Waals surface area contributed by atoms with Crippen LogP contribution in [0.3, 0.4) is 0 Å². The summed E-state index contributed by atoms with van der Waals surface area (Å²) < 4.78 is 0. The van der Waals surface area contributed by atoms with E-state index in [2.05, 4.69) is 20.8 Å². The fourth-order valence-corrected chi connectivity index (χ4v) is 3.21. The van der Waals surface area contributed by atoms with Gasteiger partial charge in [-0.05, 0) is 19.4 Å². The molecule has 3 rings (SSSR count). The third-order valence-electron chi connectivity index (χ3n) is 3.59. The molecule has 0 aromatic carbocycles. The van der Waals surface area contributed by atoms with Gasteiger partial charge >= 0.3 is 0 Å². The molecule has 19 heavy (non-hydrogen) atoms. The molecule has 1 aliphatic rings. The Morgan fingerprint density at radius 3 is 2.79 bits per heavy atom. The fraction of sp³-hybridized carbons (Fsp3) is 0.500. The molecule has 7 heteroatoms. The van der Waals surface area contributed by atoms with Gasteiger partial charge in [-0.25, -0.2) is 0 Å². The largest absolute Gasteiger partial charge is 0.397 e. The summed E-state index contributed by atoms with van der Waals surface area (Å²) in [6.45, 7) is 5.64. The normalized spacial score (nSPS) is 17.6. The van der Waals surface area contributed by atoms with Crippen LogP contribution in [0.2, 0.25) is 0 Å². The second-order valence-electron chi connectivity index (χ2n) is 4.89. The molecule has 0 spiro atoms. The van der Waals surface area contributed by atoms with Gasteiger partial charge in [-0.2, -0.15) is 5.10 Å². The van der Waals surface area contributed by atoms with Crippen molar-refractivity contribution in [1.29, 1.82) is 0 Å². The van der Waals surface area contributed by atoms with E-state index in [0.29, 0.717) is 11.7 Å². The highest BCUT2D eigenvalue weighted by molar-refractivity contribution is 7.19. The lowest BCUT2D eigenvalue weighted by molar-refractivity contribution is 0.114. The number of rotatable bonds is 3. The van der Waals surface area contributed by atoms with E-state index >= 15 is 0 Å². The molecule has 1 fully saturated rings. The summed E-state index contributed by atoms with van der Waals surface area (Å²) in [5, 5.41) is 25.7. The molecule has 102 valence electrons. The van der Waals surface area contributed by atoms with Crippen LogP contribution in [0.4, 0.5) is 5.69 Å². The molecule has 2 aromatic heterocycles. The Bertz CT molecular complexity index is 622. The van der Waals surface area contributed by atoms with Gasteiger partial charge in [0.1, 0.15) is 11.1 Å². The van der Waals surface area contributed by atoms with E-state index in [4.69, 9.17) is 5.73 Å². The van der Waals surface area contributed by atoms with Gasteiger partial charge in [0.05, 0.1) is 16.3 Å². The minimum Gasteiger partial charge on any atom is -0.397 e. The lowest BCUT2D eigenvalue weighted by Crippen LogP contribution is -2.56. The Morgan fingerprint density at radius 1 is 1.42 bits per heavy atom. The van der Waals surface area contributed by atoms with Crippen molar-refractivity contribution in [3.8, 4) is 0 Å². The third kappa shape index (κ3) is 2.08. The molecule has 5 N–H and O–H groups in total. The van der Waals surface area contributed by atoms with Crippen LogP contribution >= 0.6 is 11.3 Å². The average Bonchev–Trinajstić information content (AvgIpc) is 2.67. The molecule has 1 aliphatic heterocycles. The number of anilines is 1. The SMILES string of the molecule is Cc1nnc2sc(C(O)NC3CNC3)c(N)c2c1C. The van der Waals surface area contributed by atoms with Crippen molar-refractivity contribution in [2.24, 2.45) is 0 Å². The number of nitrogens with one attached hydrogen (secondary N) is 2. The zero-order chi connectivity index (χ0) is 13.6. The highest BCUT2D eigenvalue weighted by Gasteiger charge is 2.24. The number of hydrogen-bond acceptors (Lipinski definition) is 7. The molecular formula is C12H17N5OS. The summed E-state index contributed by atoms with van der Waals surface area (Å²) in [4.78, 5) is 1.51. The Balaban J connectivity index is 1.99. The second-order valence-corrected chi connectivity index (χ2v) is 5.93.